The molecule has 0 fully saturated rings. The fraction of sp³-hybridized carbons (Fsp3) is 0.250. The quantitative estimate of drug-likeness (QED) is 0.304. The Hall–Kier alpha value is -4.90. The number of carboxylic acids is 1. The summed E-state index contributed by atoms with van der Waals surface area (Å²) in [6, 6.07) is 13.0. The minimum absolute atomic E-state index is 0.163. The molecule has 0 aliphatic carbocycles. The molecule has 0 amide bonds. The smallest absolute Gasteiger partial charge is 0.338 e. The normalized spacial score (nSPS) is 14.7. The first-order valence-electron chi connectivity index (χ1n) is 13.5. The van der Waals surface area contributed by atoms with Gasteiger partial charge in [-0.3, -0.25) is 9.36 Å². The Balaban J connectivity index is 1.70. The summed E-state index contributed by atoms with van der Waals surface area (Å²) in [6.07, 6.45) is 1.82. The van der Waals surface area contributed by atoms with E-state index in [1.54, 1.807) is 63.4 Å². The van der Waals surface area contributed by atoms with Gasteiger partial charge in [0.15, 0.2) is 4.80 Å². The lowest BCUT2D eigenvalue weighted by Crippen LogP contribution is -2.40. The van der Waals surface area contributed by atoms with Gasteiger partial charge in [-0.05, 0) is 87.9 Å². The van der Waals surface area contributed by atoms with Crippen LogP contribution in [-0.2, 0) is 9.53 Å². The zero-order valence-electron chi connectivity index (χ0n) is 24.6. The second kappa shape index (κ2) is 11.8. The van der Waals surface area contributed by atoms with Crippen LogP contribution >= 0.6 is 11.3 Å². The number of nitrogens with zero attached hydrogens (tertiary/aromatic N) is 3. The number of hydrogen-bond donors (Lipinski definition) is 1. The molecule has 0 unspecified atom stereocenters. The molecule has 1 atom stereocenters. The molecule has 0 saturated carbocycles. The van der Waals surface area contributed by atoms with Gasteiger partial charge >= 0.3 is 11.9 Å². The summed E-state index contributed by atoms with van der Waals surface area (Å²) in [4.78, 5) is 43.8. The molecule has 0 bridgehead atoms. The van der Waals surface area contributed by atoms with Gasteiger partial charge in [-0.25, -0.2) is 14.6 Å². The van der Waals surface area contributed by atoms with E-state index in [4.69, 9.17) is 14.2 Å². The monoisotopic (exact) mass is 601 g/mol. The van der Waals surface area contributed by atoms with Crippen molar-refractivity contribution in [3.63, 3.8) is 0 Å². The highest BCUT2D eigenvalue weighted by molar-refractivity contribution is 7.07. The van der Waals surface area contributed by atoms with E-state index in [9.17, 15) is 19.5 Å². The van der Waals surface area contributed by atoms with Crippen molar-refractivity contribution in [3.05, 3.63) is 108 Å². The summed E-state index contributed by atoms with van der Waals surface area (Å²) in [5.74, 6) is -0.533. The Labute approximate surface area is 251 Å². The average Bonchev–Trinajstić information content (AvgIpc) is 3.45. The molecular formula is C32H31N3O7S. The zero-order chi connectivity index (χ0) is 31.0. The molecule has 222 valence electrons. The van der Waals surface area contributed by atoms with E-state index in [-0.39, 0.29) is 23.3 Å². The second-order valence-electron chi connectivity index (χ2n) is 9.92. The molecule has 0 spiro atoms. The van der Waals surface area contributed by atoms with E-state index in [2.05, 4.69) is 4.99 Å². The third-order valence-corrected chi connectivity index (χ3v) is 8.36. The van der Waals surface area contributed by atoms with Crippen LogP contribution in [-0.4, -0.2) is 47.0 Å². The molecule has 0 saturated heterocycles. The number of aromatic carboxylic acids is 1. The van der Waals surface area contributed by atoms with Gasteiger partial charge in [0.05, 0.1) is 42.2 Å². The molecule has 5 rings (SSSR count). The maximum absolute atomic E-state index is 14.1. The van der Waals surface area contributed by atoms with Crippen LogP contribution in [0.2, 0.25) is 0 Å². The van der Waals surface area contributed by atoms with Gasteiger partial charge in [0.1, 0.15) is 17.5 Å². The van der Waals surface area contributed by atoms with E-state index in [1.807, 2.05) is 30.6 Å². The number of carbonyl (C=O) groups excluding carboxylic acids is 1. The largest absolute Gasteiger partial charge is 0.497 e. The number of fused-ring (bicyclic) bond motifs is 1. The number of allylic oxidation sites excluding steroid dienone is 1. The lowest BCUT2D eigenvalue weighted by atomic mass is 9.94. The molecule has 1 aliphatic heterocycles. The van der Waals surface area contributed by atoms with Crippen LogP contribution in [0.25, 0.3) is 11.8 Å². The highest BCUT2D eigenvalue weighted by Gasteiger charge is 2.35. The van der Waals surface area contributed by atoms with Crippen LogP contribution in [0.5, 0.6) is 11.5 Å². The minimum atomic E-state index is -0.991. The van der Waals surface area contributed by atoms with Gasteiger partial charge in [0.25, 0.3) is 5.56 Å². The number of methoxy groups -OCH3 is 2. The van der Waals surface area contributed by atoms with Crippen molar-refractivity contribution in [2.24, 2.45) is 4.99 Å². The summed E-state index contributed by atoms with van der Waals surface area (Å²) in [7, 11) is 3.07. The lowest BCUT2D eigenvalue weighted by molar-refractivity contribution is -0.139. The number of thiazole rings is 1. The SMILES string of the molecule is CCOC(=O)C1=C(C)N=c2s/c(=C/c3cc(C)n(-c4ccc(C(=O)O)cc4)c3C)c(=O)n2[C@@H]1c1cc(OC)ccc1OC. The molecule has 4 aromatic rings. The molecule has 10 nitrogen and oxygen atoms in total. The lowest BCUT2D eigenvalue weighted by Gasteiger charge is -2.26. The van der Waals surface area contributed by atoms with Gasteiger partial charge < -0.3 is 23.9 Å². The Bertz CT molecular complexity index is 1960. The first kappa shape index (κ1) is 29.6. The van der Waals surface area contributed by atoms with Gasteiger partial charge in [0.2, 0.25) is 0 Å². The molecule has 0 radical (unpaired) electrons. The van der Waals surface area contributed by atoms with Crippen molar-refractivity contribution in [1.29, 1.82) is 0 Å². The van der Waals surface area contributed by atoms with Crippen molar-refractivity contribution >= 4 is 29.4 Å². The highest BCUT2D eigenvalue weighted by atomic mass is 32.1. The highest BCUT2D eigenvalue weighted by Crippen LogP contribution is 2.37. The Morgan fingerprint density at radius 1 is 1.05 bits per heavy atom. The molecule has 1 N–H and O–H groups in total. The molecular weight excluding hydrogens is 570 g/mol. The fourth-order valence-corrected chi connectivity index (χ4v) is 6.40. The number of benzene rings is 2. The van der Waals surface area contributed by atoms with E-state index < -0.39 is 18.0 Å². The number of carboxylic acid groups (broad SMARTS) is 1. The van der Waals surface area contributed by atoms with Gasteiger partial charge in [-0.1, -0.05) is 11.3 Å². The standard InChI is InChI=1S/C32H31N3O7S/c1-7-42-31(39)27-18(3)33-32-35(28(27)24-16-23(40-5)12-13-25(24)41-6)29(36)26(43-32)15-21-14-17(2)34(19(21)4)22-10-8-20(9-11-22)30(37)38/h8-16,28H,7H2,1-6H3,(H,37,38)/b26-15+/t28-/m1/s1. The van der Waals surface area contributed by atoms with Crippen LogP contribution < -0.4 is 24.4 Å². The molecule has 2 aromatic heterocycles. The predicted octanol–water partition coefficient (Wildman–Crippen LogP) is 3.92. The van der Waals surface area contributed by atoms with Crippen LogP contribution in [0.1, 0.15) is 52.8 Å². The Morgan fingerprint density at radius 3 is 2.40 bits per heavy atom. The van der Waals surface area contributed by atoms with Crippen LogP contribution in [0.4, 0.5) is 0 Å². The molecule has 2 aromatic carbocycles. The summed E-state index contributed by atoms with van der Waals surface area (Å²) < 4.78 is 20.5. The maximum atomic E-state index is 14.1. The molecule has 11 heteroatoms. The minimum Gasteiger partial charge on any atom is -0.497 e. The summed E-state index contributed by atoms with van der Waals surface area (Å²) in [5, 5.41) is 9.26. The molecule has 43 heavy (non-hydrogen) atoms. The van der Waals surface area contributed by atoms with E-state index in [1.165, 1.54) is 23.0 Å². The average molecular weight is 602 g/mol. The number of carbonyl (C=O) groups is 2. The van der Waals surface area contributed by atoms with E-state index in [0.29, 0.717) is 32.1 Å². The number of aromatic nitrogens is 2. The first-order valence-corrected chi connectivity index (χ1v) is 14.4. The summed E-state index contributed by atoms with van der Waals surface area (Å²) >= 11 is 1.23. The van der Waals surface area contributed by atoms with E-state index >= 15 is 0 Å². The summed E-state index contributed by atoms with van der Waals surface area (Å²) in [5.41, 5.74) is 4.56. The first-order chi connectivity index (χ1) is 20.6. The number of rotatable bonds is 8. The number of aryl methyl sites for hydroxylation is 1. The van der Waals surface area contributed by atoms with Crippen LogP contribution in [0.3, 0.4) is 0 Å². The van der Waals surface area contributed by atoms with Crippen LogP contribution in [0.15, 0.2) is 69.6 Å². The predicted molar refractivity (Wildman–Crippen MR) is 162 cm³/mol. The Morgan fingerprint density at radius 2 is 1.77 bits per heavy atom. The number of esters is 1. The van der Waals surface area contributed by atoms with Crippen LogP contribution in [0, 0.1) is 13.8 Å². The summed E-state index contributed by atoms with van der Waals surface area (Å²) in [6.45, 7) is 7.50. The number of hydrogen-bond acceptors (Lipinski definition) is 8. The third kappa shape index (κ3) is 5.27. The second-order valence-corrected chi connectivity index (χ2v) is 10.9. The maximum Gasteiger partial charge on any atom is 0.338 e. The molecule has 3 heterocycles. The number of ether oxygens (including phenoxy) is 3. The van der Waals surface area contributed by atoms with Crippen molar-refractivity contribution in [2.45, 2.75) is 33.7 Å². The topological polar surface area (TPSA) is 121 Å². The van der Waals surface area contributed by atoms with E-state index in [0.717, 1.165) is 22.6 Å². The van der Waals surface area contributed by atoms with Crippen molar-refractivity contribution < 1.29 is 28.9 Å². The van der Waals surface area contributed by atoms with Gasteiger partial charge in [-0.15, -0.1) is 0 Å². The van der Waals surface area contributed by atoms with Gasteiger partial charge in [-0.2, -0.15) is 0 Å². The fourth-order valence-electron chi connectivity index (χ4n) is 5.36. The third-order valence-electron chi connectivity index (χ3n) is 7.38. The van der Waals surface area contributed by atoms with Crippen molar-refractivity contribution in [2.75, 3.05) is 20.8 Å². The zero-order valence-corrected chi connectivity index (χ0v) is 25.4. The molecule has 1 aliphatic rings. The van der Waals surface area contributed by atoms with Crippen molar-refractivity contribution in [1.82, 2.24) is 9.13 Å². The van der Waals surface area contributed by atoms with Crippen molar-refractivity contribution in [3.8, 4) is 17.2 Å². The van der Waals surface area contributed by atoms with Gasteiger partial charge in [0, 0.05) is 22.6 Å². The Kier molecular flexibility index (Phi) is 8.10.